The van der Waals surface area contributed by atoms with Crippen LogP contribution in [0, 0.1) is 6.92 Å². The Morgan fingerprint density at radius 3 is 2.75 bits per heavy atom. The van der Waals surface area contributed by atoms with Gasteiger partial charge in [0.2, 0.25) is 0 Å². The number of aromatic nitrogens is 1. The van der Waals surface area contributed by atoms with Gasteiger partial charge in [-0.25, -0.2) is 0 Å². The minimum absolute atomic E-state index is 0.824. The molecule has 1 fully saturated rings. The maximum atomic E-state index is 4.21. The van der Waals surface area contributed by atoms with E-state index in [2.05, 4.69) is 52.5 Å². The molecule has 0 atom stereocenters. The molecule has 0 unspecified atom stereocenters. The third kappa shape index (κ3) is 2.77. The Balaban J connectivity index is 1.76. The van der Waals surface area contributed by atoms with Gasteiger partial charge in [-0.1, -0.05) is 12.1 Å². The molecule has 104 valence electrons. The standard InChI is InChI=1S/C17H21N3/c1-14-8-9-18-12-15(14)13-19-16-6-2-3-7-17(16)20-10-4-5-11-20/h2-3,6-9,12,19H,4-5,10-11,13H2,1H3. The summed E-state index contributed by atoms with van der Waals surface area (Å²) in [6.45, 7) is 5.30. The summed E-state index contributed by atoms with van der Waals surface area (Å²) in [5.74, 6) is 0. The van der Waals surface area contributed by atoms with Crippen molar-refractivity contribution in [3.8, 4) is 0 Å². The normalized spacial score (nSPS) is 14.6. The molecule has 3 nitrogen and oxygen atoms in total. The van der Waals surface area contributed by atoms with E-state index in [1.807, 2.05) is 12.4 Å². The highest BCUT2D eigenvalue weighted by Crippen LogP contribution is 2.29. The molecule has 1 N–H and O–H groups in total. The molecule has 1 aromatic heterocycles. The molecular weight excluding hydrogens is 246 g/mol. The molecule has 20 heavy (non-hydrogen) atoms. The Labute approximate surface area is 120 Å². The summed E-state index contributed by atoms with van der Waals surface area (Å²) in [7, 11) is 0. The van der Waals surface area contributed by atoms with Crippen molar-refractivity contribution in [3.05, 3.63) is 53.9 Å². The second kappa shape index (κ2) is 5.95. The molecule has 0 saturated carbocycles. The molecule has 2 aromatic rings. The average Bonchev–Trinajstić information content (AvgIpc) is 3.01. The van der Waals surface area contributed by atoms with Gasteiger partial charge in [-0.2, -0.15) is 0 Å². The number of para-hydroxylation sites is 2. The highest BCUT2D eigenvalue weighted by Gasteiger charge is 2.15. The van der Waals surface area contributed by atoms with Crippen molar-refractivity contribution in [2.45, 2.75) is 26.3 Å². The molecule has 0 radical (unpaired) electrons. The fourth-order valence-corrected chi connectivity index (χ4v) is 2.73. The van der Waals surface area contributed by atoms with Crippen LogP contribution < -0.4 is 10.2 Å². The first kappa shape index (κ1) is 13.0. The van der Waals surface area contributed by atoms with E-state index < -0.39 is 0 Å². The molecule has 0 amide bonds. The topological polar surface area (TPSA) is 28.2 Å². The molecule has 2 heterocycles. The second-order valence-corrected chi connectivity index (χ2v) is 5.37. The van der Waals surface area contributed by atoms with E-state index in [9.17, 15) is 0 Å². The van der Waals surface area contributed by atoms with Crippen LogP contribution in [0.1, 0.15) is 24.0 Å². The lowest BCUT2D eigenvalue weighted by Gasteiger charge is -2.22. The lowest BCUT2D eigenvalue weighted by atomic mass is 10.1. The van der Waals surface area contributed by atoms with Crippen LogP contribution >= 0.6 is 0 Å². The molecule has 0 aliphatic carbocycles. The zero-order valence-corrected chi connectivity index (χ0v) is 12.0. The Morgan fingerprint density at radius 2 is 1.95 bits per heavy atom. The van der Waals surface area contributed by atoms with E-state index in [1.165, 1.54) is 48.4 Å². The van der Waals surface area contributed by atoms with Crippen LogP contribution in [0.25, 0.3) is 0 Å². The molecule has 1 aliphatic rings. The predicted molar refractivity (Wildman–Crippen MR) is 84.2 cm³/mol. The van der Waals surface area contributed by atoms with Crippen molar-refractivity contribution in [2.75, 3.05) is 23.3 Å². The number of nitrogens with one attached hydrogen (secondary N) is 1. The molecule has 3 heteroatoms. The van der Waals surface area contributed by atoms with E-state index in [4.69, 9.17) is 0 Å². The summed E-state index contributed by atoms with van der Waals surface area (Å²) in [6.07, 6.45) is 6.39. The number of hydrogen-bond donors (Lipinski definition) is 1. The summed E-state index contributed by atoms with van der Waals surface area (Å²) in [5, 5.41) is 3.57. The van der Waals surface area contributed by atoms with Crippen LogP contribution in [0.2, 0.25) is 0 Å². The van der Waals surface area contributed by atoms with Crippen molar-refractivity contribution in [1.82, 2.24) is 4.98 Å². The van der Waals surface area contributed by atoms with Crippen molar-refractivity contribution in [2.24, 2.45) is 0 Å². The third-order valence-electron chi connectivity index (χ3n) is 3.97. The zero-order valence-electron chi connectivity index (χ0n) is 12.0. The van der Waals surface area contributed by atoms with Gasteiger partial charge in [0.05, 0.1) is 11.4 Å². The molecular formula is C17H21N3. The van der Waals surface area contributed by atoms with Crippen LogP contribution in [-0.2, 0) is 6.54 Å². The van der Waals surface area contributed by atoms with Gasteiger partial charge in [0, 0.05) is 32.0 Å². The van der Waals surface area contributed by atoms with Gasteiger partial charge < -0.3 is 10.2 Å². The first-order chi connectivity index (χ1) is 9.84. The van der Waals surface area contributed by atoms with Crippen molar-refractivity contribution in [3.63, 3.8) is 0 Å². The number of aryl methyl sites for hydroxylation is 1. The number of hydrogen-bond acceptors (Lipinski definition) is 3. The van der Waals surface area contributed by atoms with Crippen molar-refractivity contribution >= 4 is 11.4 Å². The van der Waals surface area contributed by atoms with Crippen LogP contribution in [0.15, 0.2) is 42.7 Å². The summed E-state index contributed by atoms with van der Waals surface area (Å²) in [5.41, 5.74) is 5.08. The Hall–Kier alpha value is -2.03. The quantitative estimate of drug-likeness (QED) is 0.917. The Morgan fingerprint density at radius 1 is 1.15 bits per heavy atom. The van der Waals surface area contributed by atoms with Crippen LogP contribution in [0.5, 0.6) is 0 Å². The summed E-state index contributed by atoms with van der Waals surface area (Å²) in [4.78, 5) is 6.68. The SMILES string of the molecule is Cc1ccncc1CNc1ccccc1N1CCCC1. The number of benzene rings is 1. The zero-order chi connectivity index (χ0) is 13.8. The number of nitrogens with zero attached hydrogens (tertiary/aromatic N) is 2. The predicted octanol–water partition coefficient (Wildman–Crippen LogP) is 3.60. The van der Waals surface area contributed by atoms with E-state index in [1.54, 1.807) is 0 Å². The lowest BCUT2D eigenvalue weighted by molar-refractivity contribution is 0.949. The Bertz CT molecular complexity index is 574. The molecule has 1 aliphatic heterocycles. The lowest BCUT2D eigenvalue weighted by Crippen LogP contribution is -2.19. The first-order valence-corrected chi connectivity index (χ1v) is 7.32. The van der Waals surface area contributed by atoms with Crippen LogP contribution in [0.4, 0.5) is 11.4 Å². The average molecular weight is 267 g/mol. The maximum Gasteiger partial charge on any atom is 0.0602 e. The number of rotatable bonds is 4. The Kier molecular flexibility index (Phi) is 3.86. The molecule has 1 aromatic carbocycles. The van der Waals surface area contributed by atoms with Crippen LogP contribution in [0.3, 0.4) is 0 Å². The van der Waals surface area contributed by atoms with Gasteiger partial charge in [-0.15, -0.1) is 0 Å². The molecule has 1 saturated heterocycles. The fourth-order valence-electron chi connectivity index (χ4n) is 2.73. The number of pyridine rings is 1. The van der Waals surface area contributed by atoms with Gasteiger partial charge in [0.25, 0.3) is 0 Å². The minimum atomic E-state index is 0.824. The summed E-state index contributed by atoms with van der Waals surface area (Å²) in [6, 6.07) is 10.7. The smallest absolute Gasteiger partial charge is 0.0602 e. The summed E-state index contributed by atoms with van der Waals surface area (Å²) < 4.78 is 0. The maximum absolute atomic E-state index is 4.21. The molecule has 0 bridgehead atoms. The van der Waals surface area contributed by atoms with Crippen molar-refractivity contribution < 1.29 is 0 Å². The largest absolute Gasteiger partial charge is 0.379 e. The highest BCUT2D eigenvalue weighted by atomic mass is 15.2. The van der Waals surface area contributed by atoms with E-state index in [-0.39, 0.29) is 0 Å². The van der Waals surface area contributed by atoms with Crippen molar-refractivity contribution in [1.29, 1.82) is 0 Å². The monoisotopic (exact) mass is 267 g/mol. The molecule has 0 spiro atoms. The van der Waals surface area contributed by atoms with Gasteiger partial charge >= 0.3 is 0 Å². The van der Waals surface area contributed by atoms with Gasteiger partial charge in [0.15, 0.2) is 0 Å². The van der Waals surface area contributed by atoms with E-state index in [0.717, 1.165) is 6.54 Å². The third-order valence-corrected chi connectivity index (χ3v) is 3.97. The number of anilines is 2. The summed E-state index contributed by atoms with van der Waals surface area (Å²) >= 11 is 0. The van der Waals surface area contributed by atoms with Gasteiger partial charge in [-0.3, -0.25) is 4.98 Å². The highest BCUT2D eigenvalue weighted by molar-refractivity contribution is 5.70. The fraction of sp³-hybridized carbons (Fsp3) is 0.353. The van der Waals surface area contributed by atoms with Gasteiger partial charge in [-0.05, 0) is 49.1 Å². The van der Waals surface area contributed by atoms with E-state index in [0.29, 0.717) is 0 Å². The molecule has 3 rings (SSSR count). The van der Waals surface area contributed by atoms with Crippen LogP contribution in [-0.4, -0.2) is 18.1 Å². The van der Waals surface area contributed by atoms with Gasteiger partial charge in [0.1, 0.15) is 0 Å². The first-order valence-electron chi connectivity index (χ1n) is 7.32. The second-order valence-electron chi connectivity index (χ2n) is 5.37. The minimum Gasteiger partial charge on any atom is -0.379 e. The van der Waals surface area contributed by atoms with E-state index >= 15 is 0 Å².